The molecule has 2 aromatic rings. The maximum Gasteiger partial charge on any atom is 0.410 e. The predicted octanol–water partition coefficient (Wildman–Crippen LogP) is 4.90. The lowest BCUT2D eigenvalue weighted by Crippen LogP contribution is -2.48. The Morgan fingerprint density at radius 1 is 1.08 bits per heavy atom. The molecule has 2 aromatic carbocycles. The summed E-state index contributed by atoms with van der Waals surface area (Å²) in [6, 6.07) is 13.0. The fourth-order valence-electron chi connectivity index (χ4n) is 5.04. The molecule has 0 spiro atoms. The Kier molecular flexibility index (Phi) is 8.35. The molecule has 0 radical (unpaired) electrons. The number of carbonyl (C=O) groups is 3. The van der Waals surface area contributed by atoms with Crippen molar-refractivity contribution < 1.29 is 28.6 Å². The maximum absolute atomic E-state index is 13.4. The monoisotopic (exact) mass is 525 g/mol. The van der Waals surface area contributed by atoms with Crippen molar-refractivity contribution in [3.05, 3.63) is 71.0 Å². The molecule has 1 heterocycles. The molecule has 2 aliphatic rings. The first kappa shape index (κ1) is 27.6. The van der Waals surface area contributed by atoms with Crippen molar-refractivity contribution in [3.63, 3.8) is 0 Å². The third kappa shape index (κ3) is 7.10. The molecule has 0 aromatic heterocycles. The normalized spacial score (nSPS) is 20.0. The van der Waals surface area contributed by atoms with Crippen LogP contribution in [0.5, 0.6) is 0 Å². The second-order valence-electron chi connectivity index (χ2n) is 11.2. The highest BCUT2D eigenvalue weighted by Gasteiger charge is 2.46. The lowest BCUT2D eigenvalue weighted by atomic mass is 9.96. The van der Waals surface area contributed by atoms with Gasteiger partial charge >= 0.3 is 12.1 Å². The number of aromatic carboxylic acids is 1. The summed E-state index contributed by atoms with van der Waals surface area (Å²) in [6.07, 6.45) is 2.93. The van der Waals surface area contributed by atoms with Gasteiger partial charge in [-0.25, -0.2) is 19.0 Å². The summed E-state index contributed by atoms with van der Waals surface area (Å²) in [5, 5.41) is 12.7. The van der Waals surface area contributed by atoms with Crippen molar-refractivity contribution in [3.8, 4) is 0 Å². The number of piperidine rings is 1. The Morgan fingerprint density at radius 3 is 2.26 bits per heavy atom. The number of ether oxygens (including phenoxy) is 1. The van der Waals surface area contributed by atoms with Crippen LogP contribution < -0.4 is 0 Å². The van der Waals surface area contributed by atoms with Gasteiger partial charge in [0, 0.05) is 31.6 Å². The van der Waals surface area contributed by atoms with Gasteiger partial charge in [-0.05, 0) is 81.3 Å². The minimum Gasteiger partial charge on any atom is -0.478 e. The lowest BCUT2D eigenvalue weighted by molar-refractivity contribution is -0.139. The van der Waals surface area contributed by atoms with Crippen LogP contribution in [0.2, 0.25) is 0 Å². The fraction of sp³-hybridized carbons (Fsp3) is 0.483. The first-order valence-corrected chi connectivity index (χ1v) is 13.1. The van der Waals surface area contributed by atoms with Crippen LogP contribution in [0, 0.1) is 11.7 Å². The number of hydrogen-bond acceptors (Lipinski definition) is 5. The van der Waals surface area contributed by atoms with E-state index in [0.717, 1.165) is 36.8 Å². The quantitative estimate of drug-likeness (QED) is 0.469. The van der Waals surface area contributed by atoms with E-state index in [1.165, 1.54) is 24.3 Å². The molecule has 2 unspecified atom stereocenters. The van der Waals surface area contributed by atoms with Gasteiger partial charge < -0.3 is 14.7 Å². The number of benzene rings is 2. The molecule has 2 fully saturated rings. The van der Waals surface area contributed by atoms with E-state index in [2.05, 4.69) is 0 Å². The first-order chi connectivity index (χ1) is 18.0. The lowest BCUT2D eigenvalue weighted by Gasteiger charge is -2.39. The molecule has 1 aliphatic heterocycles. The summed E-state index contributed by atoms with van der Waals surface area (Å²) in [5.74, 6) is -0.831. The molecule has 204 valence electrons. The van der Waals surface area contributed by atoms with Crippen molar-refractivity contribution in [2.24, 2.45) is 5.92 Å². The van der Waals surface area contributed by atoms with Gasteiger partial charge in [-0.2, -0.15) is 0 Å². The average Bonchev–Trinajstić information content (AvgIpc) is 3.66. The molecule has 2 atom stereocenters. The Balaban J connectivity index is 1.36. The SMILES string of the molecule is CC(C)(C)OC(=O)N(CC1CCN(N(C=O)Cc2ccc(C(=O)O)cc2)CC1)C1CC1c1ccc(F)cc1. The van der Waals surface area contributed by atoms with E-state index in [0.29, 0.717) is 26.2 Å². The van der Waals surface area contributed by atoms with Gasteiger partial charge in [0.15, 0.2) is 0 Å². The highest BCUT2D eigenvalue weighted by Crippen LogP contribution is 2.45. The Bertz CT molecular complexity index is 1120. The number of carboxylic acids is 1. The molecule has 1 aliphatic carbocycles. The van der Waals surface area contributed by atoms with Crippen LogP contribution in [0.3, 0.4) is 0 Å². The van der Waals surface area contributed by atoms with Crippen molar-refractivity contribution in [1.29, 1.82) is 0 Å². The van der Waals surface area contributed by atoms with Gasteiger partial charge in [-0.1, -0.05) is 24.3 Å². The average molecular weight is 526 g/mol. The first-order valence-electron chi connectivity index (χ1n) is 13.1. The number of nitrogens with zero attached hydrogens (tertiary/aromatic N) is 3. The third-order valence-electron chi connectivity index (χ3n) is 7.16. The number of carbonyl (C=O) groups excluding carboxylic acids is 2. The number of hydrogen-bond donors (Lipinski definition) is 1. The second kappa shape index (κ2) is 11.5. The Labute approximate surface area is 222 Å². The molecule has 8 nitrogen and oxygen atoms in total. The molecule has 0 bridgehead atoms. The smallest absolute Gasteiger partial charge is 0.410 e. The maximum atomic E-state index is 13.4. The number of carboxylic acid groups (broad SMARTS) is 1. The highest BCUT2D eigenvalue weighted by atomic mass is 19.1. The third-order valence-corrected chi connectivity index (χ3v) is 7.16. The van der Waals surface area contributed by atoms with E-state index in [4.69, 9.17) is 9.84 Å². The fourth-order valence-corrected chi connectivity index (χ4v) is 5.04. The van der Waals surface area contributed by atoms with Crippen LogP contribution in [0.4, 0.5) is 9.18 Å². The molecular weight excluding hydrogens is 489 g/mol. The van der Waals surface area contributed by atoms with Crippen molar-refractivity contribution in [1.82, 2.24) is 14.9 Å². The minimum atomic E-state index is -0.985. The summed E-state index contributed by atoms with van der Waals surface area (Å²) in [6.45, 7) is 7.84. The standard InChI is InChI=1S/C29H36FN3O5/c1-29(2,3)38-28(37)33(26-16-25(26)22-8-10-24(30)11-9-22)18-21-12-14-31(15-13-21)32(19-34)17-20-4-6-23(7-5-20)27(35)36/h4-11,19,21,25-26H,12-18H2,1-3H3,(H,35,36). The number of rotatable bonds is 9. The van der Waals surface area contributed by atoms with Crippen LogP contribution in [-0.4, -0.2) is 69.8 Å². The molecule has 1 saturated carbocycles. The molecular formula is C29H36FN3O5. The minimum absolute atomic E-state index is 0.0218. The summed E-state index contributed by atoms with van der Waals surface area (Å²) in [4.78, 5) is 38.0. The van der Waals surface area contributed by atoms with E-state index < -0.39 is 11.6 Å². The van der Waals surface area contributed by atoms with Gasteiger partial charge in [-0.15, -0.1) is 0 Å². The van der Waals surface area contributed by atoms with Crippen molar-refractivity contribution in [2.75, 3.05) is 19.6 Å². The van der Waals surface area contributed by atoms with E-state index in [-0.39, 0.29) is 35.4 Å². The van der Waals surface area contributed by atoms with Gasteiger partial charge in [0.05, 0.1) is 12.1 Å². The number of amides is 2. The molecule has 2 amide bonds. The Morgan fingerprint density at radius 2 is 1.71 bits per heavy atom. The van der Waals surface area contributed by atoms with Crippen LogP contribution in [-0.2, 0) is 16.1 Å². The molecule has 1 saturated heterocycles. The van der Waals surface area contributed by atoms with Gasteiger partial charge in [-0.3, -0.25) is 9.80 Å². The van der Waals surface area contributed by atoms with Gasteiger partial charge in [0.25, 0.3) is 0 Å². The van der Waals surface area contributed by atoms with Crippen molar-refractivity contribution in [2.45, 2.75) is 64.1 Å². The largest absolute Gasteiger partial charge is 0.478 e. The summed E-state index contributed by atoms with van der Waals surface area (Å²) < 4.78 is 19.1. The summed E-state index contributed by atoms with van der Waals surface area (Å²) in [5.41, 5.74) is 1.48. The van der Waals surface area contributed by atoms with E-state index in [1.807, 2.05) is 30.7 Å². The van der Waals surface area contributed by atoms with E-state index in [9.17, 15) is 18.8 Å². The predicted molar refractivity (Wildman–Crippen MR) is 140 cm³/mol. The van der Waals surface area contributed by atoms with Crippen LogP contribution >= 0.6 is 0 Å². The van der Waals surface area contributed by atoms with E-state index in [1.54, 1.807) is 29.3 Å². The van der Waals surface area contributed by atoms with Gasteiger partial charge in [0.2, 0.25) is 6.41 Å². The van der Waals surface area contributed by atoms with Gasteiger partial charge in [0.1, 0.15) is 11.4 Å². The van der Waals surface area contributed by atoms with Crippen LogP contribution in [0.25, 0.3) is 0 Å². The molecule has 9 heteroatoms. The number of halogens is 1. The second-order valence-corrected chi connectivity index (χ2v) is 11.2. The van der Waals surface area contributed by atoms with Crippen LogP contribution in [0.15, 0.2) is 48.5 Å². The Hall–Kier alpha value is -3.46. The zero-order valence-corrected chi connectivity index (χ0v) is 22.2. The molecule has 38 heavy (non-hydrogen) atoms. The zero-order chi connectivity index (χ0) is 27.4. The number of hydrazine groups is 1. The molecule has 4 rings (SSSR count). The highest BCUT2D eigenvalue weighted by molar-refractivity contribution is 5.87. The zero-order valence-electron chi connectivity index (χ0n) is 22.2. The van der Waals surface area contributed by atoms with Crippen molar-refractivity contribution >= 4 is 18.5 Å². The topological polar surface area (TPSA) is 90.4 Å². The summed E-state index contributed by atoms with van der Waals surface area (Å²) >= 11 is 0. The molecule has 1 N–H and O–H groups in total. The summed E-state index contributed by atoms with van der Waals surface area (Å²) in [7, 11) is 0. The van der Waals surface area contributed by atoms with Crippen LogP contribution in [0.1, 0.15) is 67.4 Å². The van der Waals surface area contributed by atoms with E-state index >= 15 is 0 Å².